The molecule has 0 amide bonds. The Kier molecular flexibility index (Phi) is 3.86. The van der Waals surface area contributed by atoms with Gasteiger partial charge < -0.3 is 19.7 Å². The van der Waals surface area contributed by atoms with Gasteiger partial charge in [-0.2, -0.15) is 0 Å². The van der Waals surface area contributed by atoms with Crippen molar-refractivity contribution in [2.75, 3.05) is 25.1 Å². The van der Waals surface area contributed by atoms with Crippen LogP contribution < -0.4 is 15.2 Å². The Labute approximate surface area is 106 Å². The van der Waals surface area contributed by atoms with E-state index in [1.54, 1.807) is 0 Å². The minimum atomic E-state index is -0.277. The number of nitrogens with one attached hydrogen (secondary N) is 1. The Bertz CT molecular complexity index is 450. The molecule has 1 aliphatic heterocycles. The van der Waals surface area contributed by atoms with Crippen molar-refractivity contribution >= 4 is 5.82 Å². The normalized spacial score (nSPS) is 18.7. The van der Waals surface area contributed by atoms with Gasteiger partial charge in [0.25, 0.3) is 5.56 Å². The van der Waals surface area contributed by atoms with Crippen molar-refractivity contribution in [1.29, 1.82) is 0 Å². The minimum absolute atomic E-state index is 0.257. The molecule has 6 nitrogen and oxygen atoms in total. The first-order valence-electron chi connectivity index (χ1n) is 6.18. The molecule has 0 radical (unpaired) electrons. The van der Waals surface area contributed by atoms with Crippen LogP contribution >= 0.6 is 0 Å². The molecule has 2 N–H and O–H groups in total. The lowest BCUT2D eigenvalue weighted by molar-refractivity contribution is 0.109. The summed E-state index contributed by atoms with van der Waals surface area (Å²) in [5.74, 6) is 1.17. The average molecular weight is 253 g/mol. The first-order valence-corrected chi connectivity index (χ1v) is 6.18. The first kappa shape index (κ1) is 12.9. The highest BCUT2D eigenvalue weighted by Crippen LogP contribution is 2.27. The second-order valence-corrected chi connectivity index (χ2v) is 4.65. The zero-order valence-electron chi connectivity index (χ0n) is 10.7. The summed E-state index contributed by atoms with van der Waals surface area (Å²) < 4.78 is 5.11. The van der Waals surface area contributed by atoms with Gasteiger partial charge in [0.1, 0.15) is 0 Å². The molecule has 100 valence electrons. The van der Waals surface area contributed by atoms with Crippen LogP contribution in [0.15, 0.2) is 11.1 Å². The van der Waals surface area contributed by atoms with E-state index >= 15 is 0 Å². The van der Waals surface area contributed by atoms with Gasteiger partial charge in [-0.25, -0.2) is 4.98 Å². The van der Waals surface area contributed by atoms with Crippen LogP contribution in [-0.4, -0.2) is 41.4 Å². The summed E-state index contributed by atoms with van der Waals surface area (Å²) in [6.45, 7) is 3.39. The summed E-state index contributed by atoms with van der Waals surface area (Å²) in [7, 11) is 1.47. The third-order valence-electron chi connectivity index (χ3n) is 3.52. The molecule has 1 aromatic rings. The number of aromatic amines is 1. The van der Waals surface area contributed by atoms with Crippen LogP contribution in [-0.2, 0) is 0 Å². The van der Waals surface area contributed by atoms with Gasteiger partial charge in [-0.05, 0) is 25.7 Å². The molecule has 0 aromatic carbocycles. The monoisotopic (exact) mass is 253 g/mol. The Hall–Kier alpha value is -1.56. The molecule has 18 heavy (non-hydrogen) atoms. The molecule has 0 saturated carbocycles. The molecule has 1 aliphatic rings. The molecular formula is C12H19N3O3. The van der Waals surface area contributed by atoms with Crippen molar-refractivity contribution in [3.05, 3.63) is 16.7 Å². The van der Waals surface area contributed by atoms with Crippen LogP contribution in [0.1, 0.15) is 19.8 Å². The molecule has 2 rings (SSSR count). The topological polar surface area (TPSA) is 78.5 Å². The third-order valence-corrected chi connectivity index (χ3v) is 3.52. The van der Waals surface area contributed by atoms with Gasteiger partial charge in [0.2, 0.25) is 5.75 Å². The van der Waals surface area contributed by atoms with E-state index in [2.05, 4.69) is 9.97 Å². The molecule has 1 unspecified atom stereocenters. The van der Waals surface area contributed by atoms with Crippen LogP contribution in [0.4, 0.5) is 5.82 Å². The summed E-state index contributed by atoms with van der Waals surface area (Å²) in [4.78, 5) is 20.3. The lowest BCUT2D eigenvalue weighted by Gasteiger charge is -2.34. The summed E-state index contributed by atoms with van der Waals surface area (Å²) in [5, 5.41) is 9.57. The summed E-state index contributed by atoms with van der Waals surface area (Å²) in [6, 6.07) is 0. The number of piperidine rings is 1. The van der Waals surface area contributed by atoms with Gasteiger partial charge in [-0.3, -0.25) is 4.79 Å². The number of ether oxygens (including phenoxy) is 1. The van der Waals surface area contributed by atoms with Crippen LogP contribution in [0, 0.1) is 5.92 Å². The van der Waals surface area contributed by atoms with Crippen molar-refractivity contribution in [3.8, 4) is 5.75 Å². The number of methoxy groups -OCH3 is 1. The van der Waals surface area contributed by atoms with E-state index in [0.29, 0.717) is 11.7 Å². The highest BCUT2D eigenvalue weighted by Gasteiger charge is 2.25. The van der Waals surface area contributed by atoms with Crippen molar-refractivity contribution in [2.45, 2.75) is 25.9 Å². The number of nitrogens with zero attached hydrogens (tertiary/aromatic N) is 2. The second-order valence-electron chi connectivity index (χ2n) is 4.65. The number of aromatic nitrogens is 2. The van der Waals surface area contributed by atoms with Gasteiger partial charge in [-0.1, -0.05) is 0 Å². The number of rotatable bonds is 3. The van der Waals surface area contributed by atoms with E-state index in [-0.39, 0.29) is 17.4 Å². The first-order chi connectivity index (χ1) is 8.63. The van der Waals surface area contributed by atoms with Crippen LogP contribution in [0.25, 0.3) is 0 Å². The number of hydrogen-bond acceptors (Lipinski definition) is 5. The molecule has 0 bridgehead atoms. The van der Waals surface area contributed by atoms with Gasteiger partial charge in [0.15, 0.2) is 5.82 Å². The standard InChI is InChI=1S/C12H19N3O3/c1-8(16)9-3-5-15(6-4-9)11-10(18-2)12(17)14-7-13-11/h7-9,16H,3-6H2,1-2H3,(H,13,14,17). The van der Waals surface area contributed by atoms with Crippen molar-refractivity contribution in [3.63, 3.8) is 0 Å². The lowest BCUT2D eigenvalue weighted by Crippen LogP contribution is -2.38. The van der Waals surface area contributed by atoms with Crippen LogP contribution in [0.5, 0.6) is 5.75 Å². The van der Waals surface area contributed by atoms with Crippen LogP contribution in [0.2, 0.25) is 0 Å². The molecule has 0 aliphatic carbocycles. The minimum Gasteiger partial charge on any atom is -0.489 e. The van der Waals surface area contributed by atoms with E-state index in [1.165, 1.54) is 13.4 Å². The van der Waals surface area contributed by atoms with Gasteiger partial charge in [0, 0.05) is 13.1 Å². The summed E-state index contributed by atoms with van der Waals surface area (Å²) in [6.07, 6.45) is 2.91. The molecule has 1 fully saturated rings. The quantitative estimate of drug-likeness (QED) is 0.814. The zero-order valence-corrected chi connectivity index (χ0v) is 10.7. The smallest absolute Gasteiger partial charge is 0.295 e. The van der Waals surface area contributed by atoms with E-state index in [0.717, 1.165) is 25.9 Å². The number of H-pyrrole nitrogens is 1. The maximum atomic E-state index is 11.6. The fraction of sp³-hybridized carbons (Fsp3) is 0.667. The maximum Gasteiger partial charge on any atom is 0.295 e. The predicted octanol–water partition coefficient (Wildman–Crippen LogP) is 0.376. The maximum absolute atomic E-state index is 11.6. The van der Waals surface area contributed by atoms with Crippen molar-refractivity contribution < 1.29 is 9.84 Å². The highest BCUT2D eigenvalue weighted by molar-refractivity contribution is 5.50. The zero-order chi connectivity index (χ0) is 13.1. The Balaban J connectivity index is 2.15. The van der Waals surface area contributed by atoms with Gasteiger partial charge in [-0.15, -0.1) is 0 Å². The molecular weight excluding hydrogens is 234 g/mol. The predicted molar refractivity (Wildman–Crippen MR) is 68.0 cm³/mol. The Morgan fingerprint density at radius 2 is 2.22 bits per heavy atom. The van der Waals surface area contributed by atoms with E-state index in [1.807, 2.05) is 11.8 Å². The molecule has 0 spiro atoms. The largest absolute Gasteiger partial charge is 0.489 e. The second kappa shape index (κ2) is 5.39. The summed E-state index contributed by atoms with van der Waals surface area (Å²) in [5.41, 5.74) is -0.264. The van der Waals surface area contributed by atoms with Gasteiger partial charge in [0.05, 0.1) is 19.5 Å². The van der Waals surface area contributed by atoms with Gasteiger partial charge >= 0.3 is 0 Å². The van der Waals surface area contributed by atoms with E-state index < -0.39 is 0 Å². The lowest BCUT2D eigenvalue weighted by atomic mass is 9.92. The number of aliphatic hydroxyl groups excluding tert-OH is 1. The fourth-order valence-electron chi connectivity index (χ4n) is 2.38. The summed E-state index contributed by atoms with van der Waals surface area (Å²) >= 11 is 0. The molecule has 1 saturated heterocycles. The number of anilines is 1. The molecule has 6 heteroatoms. The molecule has 2 heterocycles. The van der Waals surface area contributed by atoms with Crippen molar-refractivity contribution in [1.82, 2.24) is 9.97 Å². The highest BCUT2D eigenvalue weighted by atomic mass is 16.5. The Morgan fingerprint density at radius 1 is 1.56 bits per heavy atom. The van der Waals surface area contributed by atoms with Crippen LogP contribution in [0.3, 0.4) is 0 Å². The third kappa shape index (κ3) is 2.48. The fourth-order valence-corrected chi connectivity index (χ4v) is 2.38. The number of hydrogen-bond donors (Lipinski definition) is 2. The average Bonchev–Trinajstić information content (AvgIpc) is 2.38. The van der Waals surface area contributed by atoms with Crippen molar-refractivity contribution in [2.24, 2.45) is 5.92 Å². The Morgan fingerprint density at radius 3 is 2.78 bits per heavy atom. The SMILES string of the molecule is COc1c(N2CCC(C(C)O)CC2)nc[nH]c1=O. The number of aliphatic hydroxyl groups is 1. The molecule has 1 aromatic heterocycles. The molecule has 1 atom stereocenters. The van der Waals surface area contributed by atoms with E-state index in [9.17, 15) is 9.90 Å². The van der Waals surface area contributed by atoms with E-state index in [4.69, 9.17) is 4.74 Å².